The van der Waals surface area contributed by atoms with E-state index in [1.807, 2.05) is 18.5 Å². The zero-order valence-electron chi connectivity index (χ0n) is 37.4. The van der Waals surface area contributed by atoms with Crippen LogP contribution in [0.1, 0.15) is 0 Å². The van der Waals surface area contributed by atoms with Crippen LogP contribution < -0.4 is 46.4 Å². The zero-order chi connectivity index (χ0) is 45.5. The number of aromatic nitrogens is 3. The topological polar surface area (TPSA) is 46.6 Å². The second-order valence-corrected chi connectivity index (χ2v) is 25.6. The fourth-order valence-corrected chi connectivity index (χ4v) is 21.7. The zero-order valence-corrected chi connectivity index (χ0v) is 39.4. The number of anilines is 3. The summed E-state index contributed by atoms with van der Waals surface area (Å²) in [6.07, 6.45) is 5.92. The first-order chi connectivity index (χ1) is 34.2. The molecule has 9 aromatic carbocycles. The van der Waals surface area contributed by atoms with Crippen LogP contribution in [0.25, 0.3) is 49.3 Å². The number of rotatable bonds is 7. The SMILES string of the molecule is c1ccc([Si](c2ccccc2)(c2ccc3c(c2)N(c2ccccn2)c2c(ccc4c2oc2ccccc24)[Si]3(c2ccccc2)c2ccccc2)c2ccc3c4ccccc4n4ccnc4c3c2)cc1. The predicted octanol–water partition coefficient (Wildman–Crippen LogP) is 9.47. The summed E-state index contributed by atoms with van der Waals surface area (Å²) in [7, 11) is -6.36. The molecule has 0 saturated heterocycles. The van der Waals surface area contributed by atoms with Gasteiger partial charge in [0.2, 0.25) is 0 Å². The van der Waals surface area contributed by atoms with Crippen LogP contribution in [0.15, 0.2) is 260 Å². The fraction of sp³-hybridized carbons (Fsp3) is 0. The first-order valence-electron chi connectivity index (χ1n) is 23.6. The van der Waals surface area contributed by atoms with Gasteiger partial charge in [-0.3, -0.25) is 9.30 Å². The first kappa shape index (κ1) is 39.5. The molecule has 13 aromatic rings. The highest BCUT2D eigenvalue weighted by atomic mass is 28.3. The molecule has 0 atom stereocenters. The van der Waals surface area contributed by atoms with E-state index < -0.39 is 16.1 Å². The van der Waals surface area contributed by atoms with Crippen LogP contribution >= 0.6 is 0 Å². The Morgan fingerprint density at radius 3 is 1.72 bits per heavy atom. The van der Waals surface area contributed by atoms with Crippen molar-refractivity contribution >= 4 is 124 Å². The number of fused-ring (bicyclic) bond motifs is 12. The molecule has 14 rings (SSSR count). The molecule has 69 heavy (non-hydrogen) atoms. The molecule has 0 aliphatic carbocycles. The van der Waals surface area contributed by atoms with Crippen molar-refractivity contribution in [1.29, 1.82) is 0 Å². The minimum absolute atomic E-state index is 0.833. The van der Waals surface area contributed by atoms with Gasteiger partial charge in [-0.25, -0.2) is 9.97 Å². The molecule has 7 heteroatoms. The Morgan fingerprint density at radius 1 is 0.420 bits per heavy atom. The van der Waals surface area contributed by atoms with Crippen molar-refractivity contribution in [2.75, 3.05) is 4.90 Å². The number of pyridine rings is 2. The molecule has 1 aliphatic rings. The molecule has 4 aromatic heterocycles. The van der Waals surface area contributed by atoms with Crippen LogP contribution in [-0.4, -0.2) is 30.5 Å². The number of imidazole rings is 1. The Balaban J connectivity index is 1.16. The Kier molecular flexibility index (Phi) is 8.86. The van der Waals surface area contributed by atoms with Crippen molar-refractivity contribution in [2.45, 2.75) is 0 Å². The van der Waals surface area contributed by atoms with Crippen LogP contribution in [0, 0.1) is 0 Å². The van der Waals surface area contributed by atoms with Gasteiger partial charge in [0.15, 0.2) is 21.7 Å². The van der Waals surface area contributed by atoms with E-state index in [1.54, 1.807) is 0 Å². The van der Waals surface area contributed by atoms with Gasteiger partial charge in [-0.05, 0) is 77.2 Å². The normalized spacial score (nSPS) is 13.3. The number of para-hydroxylation sites is 2. The number of benzene rings is 9. The molecular formula is C62H42N4OSi2. The highest BCUT2D eigenvalue weighted by molar-refractivity contribution is 7.22. The highest BCUT2D eigenvalue weighted by Gasteiger charge is 2.51. The van der Waals surface area contributed by atoms with Gasteiger partial charge in [0.05, 0.1) is 11.2 Å². The van der Waals surface area contributed by atoms with Crippen molar-refractivity contribution in [3.8, 4) is 0 Å². The van der Waals surface area contributed by atoms with Crippen molar-refractivity contribution in [3.05, 3.63) is 255 Å². The lowest BCUT2D eigenvalue weighted by molar-refractivity contribution is 0.669. The largest absolute Gasteiger partial charge is 0.454 e. The van der Waals surface area contributed by atoms with Crippen molar-refractivity contribution < 1.29 is 4.42 Å². The molecule has 0 radical (unpaired) electrons. The van der Waals surface area contributed by atoms with E-state index in [1.165, 1.54) is 52.3 Å². The van der Waals surface area contributed by atoms with Gasteiger partial charge >= 0.3 is 0 Å². The third kappa shape index (κ3) is 5.63. The second-order valence-electron chi connectivity index (χ2n) is 18.1. The molecule has 324 valence electrons. The quantitative estimate of drug-likeness (QED) is 0.0909. The average molecular weight is 915 g/mol. The van der Waals surface area contributed by atoms with Crippen molar-refractivity contribution in [2.24, 2.45) is 0 Å². The van der Waals surface area contributed by atoms with Crippen LogP contribution in [0.4, 0.5) is 17.2 Å². The maximum atomic E-state index is 7.14. The summed E-state index contributed by atoms with van der Waals surface area (Å²) >= 11 is 0. The minimum Gasteiger partial charge on any atom is -0.454 e. The molecule has 1 aliphatic heterocycles. The van der Waals surface area contributed by atoms with E-state index in [0.29, 0.717) is 0 Å². The molecule has 0 saturated carbocycles. The Morgan fingerprint density at radius 2 is 1.01 bits per heavy atom. The molecule has 5 nitrogen and oxygen atoms in total. The van der Waals surface area contributed by atoms with Gasteiger partial charge in [-0.15, -0.1) is 0 Å². The van der Waals surface area contributed by atoms with E-state index in [9.17, 15) is 0 Å². The van der Waals surface area contributed by atoms with Gasteiger partial charge in [-0.1, -0.05) is 206 Å². The second kappa shape index (κ2) is 15.5. The van der Waals surface area contributed by atoms with E-state index in [2.05, 4.69) is 246 Å². The molecule has 0 unspecified atom stereocenters. The van der Waals surface area contributed by atoms with Crippen molar-refractivity contribution in [3.63, 3.8) is 0 Å². The van der Waals surface area contributed by atoms with Crippen LogP contribution in [-0.2, 0) is 0 Å². The molecule has 0 fully saturated rings. The molecular weight excluding hydrogens is 873 g/mol. The number of hydrogen-bond acceptors (Lipinski definition) is 4. The lowest BCUT2D eigenvalue weighted by Gasteiger charge is -2.45. The summed E-state index contributed by atoms with van der Waals surface area (Å²) in [5.41, 5.74) is 5.97. The van der Waals surface area contributed by atoms with Gasteiger partial charge in [-0.2, -0.15) is 0 Å². The first-order valence-corrected chi connectivity index (χ1v) is 27.6. The molecule has 0 spiro atoms. The van der Waals surface area contributed by atoms with E-state index >= 15 is 0 Å². The lowest BCUT2D eigenvalue weighted by atomic mass is 10.1. The lowest BCUT2D eigenvalue weighted by Crippen LogP contribution is -2.78. The molecule has 0 amide bonds. The maximum absolute atomic E-state index is 7.14. The van der Waals surface area contributed by atoms with Gasteiger partial charge in [0.1, 0.15) is 17.0 Å². The molecule has 5 heterocycles. The summed E-state index contributed by atoms with van der Waals surface area (Å²) in [6, 6.07) is 87.8. The van der Waals surface area contributed by atoms with Gasteiger partial charge < -0.3 is 4.42 Å². The summed E-state index contributed by atoms with van der Waals surface area (Å²) in [5, 5.41) is 16.0. The number of hydrogen-bond donors (Lipinski definition) is 0. The fourth-order valence-electron chi connectivity index (χ4n) is 11.9. The third-order valence-corrected chi connectivity index (χ3v) is 24.3. The summed E-state index contributed by atoms with van der Waals surface area (Å²) < 4.78 is 9.38. The average Bonchev–Trinajstić information content (AvgIpc) is 4.08. The summed E-state index contributed by atoms with van der Waals surface area (Å²) in [6.45, 7) is 0. The highest BCUT2D eigenvalue weighted by Crippen LogP contribution is 2.44. The Bertz CT molecular complexity index is 4010. The van der Waals surface area contributed by atoms with Crippen LogP contribution in [0.5, 0.6) is 0 Å². The van der Waals surface area contributed by atoms with E-state index in [4.69, 9.17) is 14.4 Å². The standard InChI is InChI=1S/C62H42N4OSi2/c1-5-19-43(20-6-1)68(44-21-7-2-8-22-44,47-32-34-49-50-27-13-15-29-54(50)65-40-39-64-62(65)53(49)41-47)48-33-36-57-55(42-48)66(59-31-17-18-38-63-59)60-58(37-35-52-51-28-14-16-30-56(51)67-61(52)60)69(57,45-23-9-3-10-24-45)46-25-11-4-12-26-46/h1-42H. The number of furan rings is 1. The van der Waals surface area contributed by atoms with E-state index in [-0.39, 0.29) is 0 Å². The Hall–Kier alpha value is -8.63. The third-order valence-electron chi connectivity index (χ3n) is 14.7. The van der Waals surface area contributed by atoms with Gasteiger partial charge in [0, 0.05) is 45.8 Å². The van der Waals surface area contributed by atoms with Crippen molar-refractivity contribution in [1.82, 2.24) is 14.4 Å². The minimum atomic E-state index is -3.21. The summed E-state index contributed by atoms with van der Waals surface area (Å²) in [4.78, 5) is 12.7. The number of nitrogens with zero attached hydrogens (tertiary/aromatic N) is 4. The monoisotopic (exact) mass is 914 g/mol. The van der Waals surface area contributed by atoms with Crippen LogP contribution in [0.2, 0.25) is 0 Å². The maximum Gasteiger partial charge on any atom is 0.184 e. The van der Waals surface area contributed by atoms with Gasteiger partial charge in [0.25, 0.3) is 0 Å². The van der Waals surface area contributed by atoms with E-state index in [0.717, 1.165) is 55.7 Å². The molecule has 0 N–H and O–H groups in total. The Labute approximate surface area is 400 Å². The van der Waals surface area contributed by atoms with Crippen LogP contribution in [0.3, 0.4) is 0 Å². The predicted molar refractivity (Wildman–Crippen MR) is 291 cm³/mol. The summed E-state index contributed by atoms with van der Waals surface area (Å²) in [5.74, 6) is 0.833. The molecule has 0 bridgehead atoms. The smallest absolute Gasteiger partial charge is 0.184 e.